The summed E-state index contributed by atoms with van der Waals surface area (Å²) in [5.41, 5.74) is 6.92. The molecule has 1 aliphatic heterocycles. The Morgan fingerprint density at radius 1 is 1.57 bits per heavy atom. The highest BCUT2D eigenvalue weighted by molar-refractivity contribution is 5.60. The topological polar surface area (TPSA) is 55.0 Å². The summed E-state index contributed by atoms with van der Waals surface area (Å²) in [7, 11) is 0. The number of nitrogen functional groups attached to an aromatic ring is 1. The van der Waals surface area contributed by atoms with Crippen molar-refractivity contribution in [3.8, 4) is 0 Å². The second kappa shape index (κ2) is 3.44. The van der Waals surface area contributed by atoms with Gasteiger partial charge in [0.2, 0.25) is 0 Å². The van der Waals surface area contributed by atoms with Gasteiger partial charge in [0.15, 0.2) is 0 Å². The molecule has 0 saturated heterocycles. The first kappa shape index (κ1) is 9.24. The highest BCUT2D eigenvalue weighted by atomic mass is 15.2. The van der Waals surface area contributed by atoms with Gasteiger partial charge in [-0.15, -0.1) is 0 Å². The number of anilines is 2. The number of aromatic nitrogens is 2. The normalized spacial score (nSPS) is 16.9. The minimum absolute atomic E-state index is 0.533. The molecule has 2 N–H and O–H groups in total. The number of nitrogens with two attached hydrogens (primary N) is 1. The van der Waals surface area contributed by atoms with E-state index < -0.39 is 0 Å². The third-order valence-electron chi connectivity index (χ3n) is 2.95. The Kier molecular flexibility index (Phi) is 2.27. The Morgan fingerprint density at radius 3 is 3.07 bits per heavy atom. The van der Waals surface area contributed by atoms with Gasteiger partial charge in [-0.05, 0) is 19.8 Å². The fourth-order valence-corrected chi connectivity index (χ4v) is 1.89. The SMILES string of the molecule is CCC(C)N1CCc2c(N)ncnc21. The Bertz CT molecular complexity index is 337. The van der Waals surface area contributed by atoms with Crippen molar-refractivity contribution in [1.82, 2.24) is 9.97 Å². The summed E-state index contributed by atoms with van der Waals surface area (Å²) in [6.45, 7) is 5.42. The first-order chi connectivity index (χ1) is 6.74. The zero-order valence-electron chi connectivity index (χ0n) is 8.70. The molecule has 76 valence electrons. The van der Waals surface area contributed by atoms with Gasteiger partial charge < -0.3 is 10.6 Å². The molecule has 1 atom stereocenters. The number of nitrogens with zero attached hydrogens (tertiary/aromatic N) is 3. The van der Waals surface area contributed by atoms with E-state index in [0.717, 1.165) is 30.8 Å². The molecular formula is C10H16N4. The number of hydrogen-bond acceptors (Lipinski definition) is 4. The first-order valence-electron chi connectivity index (χ1n) is 5.10. The van der Waals surface area contributed by atoms with E-state index in [4.69, 9.17) is 5.73 Å². The molecule has 4 nitrogen and oxygen atoms in total. The summed E-state index contributed by atoms with van der Waals surface area (Å²) < 4.78 is 0. The highest BCUT2D eigenvalue weighted by Crippen LogP contribution is 2.30. The third kappa shape index (κ3) is 1.31. The van der Waals surface area contributed by atoms with Crippen LogP contribution in [0.5, 0.6) is 0 Å². The van der Waals surface area contributed by atoms with Crippen molar-refractivity contribution in [2.45, 2.75) is 32.7 Å². The molecule has 0 bridgehead atoms. The van der Waals surface area contributed by atoms with Crippen molar-refractivity contribution in [3.05, 3.63) is 11.9 Å². The molecule has 14 heavy (non-hydrogen) atoms. The summed E-state index contributed by atoms with van der Waals surface area (Å²) in [4.78, 5) is 10.6. The van der Waals surface area contributed by atoms with Gasteiger partial charge in [0, 0.05) is 18.2 Å². The fourth-order valence-electron chi connectivity index (χ4n) is 1.89. The molecule has 1 aliphatic rings. The maximum atomic E-state index is 5.80. The van der Waals surface area contributed by atoms with E-state index in [1.807, 2.05) is 0 Å². The Balaban J connectivity index is 2.35. The van der Waals surface area contributed by atoms with Crippen molar-refractivity contribution < 1.29 is 0 Å². The van der Waals surface area contributed by atoms with E-state index in [-0.39, 0.29) is 0 Å². The minimum atomic E-state index is 0.533. The number of rotatable bonds is 2. The highest BCUT2D eigenvalue weighted by Gasteiger charge is 2.25. The van der Waals surface area contributed by atoms with Gasteiger partial charge in [-0.1, -0.05) is 6.92 Å². The van der Waals surface area contributed by atoms with Crippen LogP contribution in [0.3, 0.4) is 0 Å². The van der Waals surface area contributed by atoms with Gasteiger partial charge in [-0.25, -0.2) is 9.97 Å². The van der Waals surface area contributed by atoms with E-state index in [2.05, 4.69) is 28.7 Å². The average molecular weight is 192 g/mol. The van der Waals surface area contributed by atoms with Gasteiger partial charge >= 0.3 is 0 Å². The second-order valence-electron chi connectivity index (χ2n) is 3.76. The van der Waals surface area contributed by atoms with Crippen LogP contribution in [0.2, 0.25) is 0 Å². The van der Waals surface area contributed by atoms with Crippen LogP contribution >= 0.6 is 0 Å². The maximum absolute atomic E-state index is 5.80. The summed E-state index contributed by atoms with van der Waals surface area (Å²) in [6.07, 6.45) is 3.66. The molecule has 1 aromatic rings. The van der Waals surface area contributed by atoms with Crippen LogP contribution in [0.4, 0.5) is 11.6 Å². The molecule has 0 saturated carbocycles. The monoisotopic (exact) mass is 192 g/mol. The standard InChI is InChI=1S/C10H16N4/c1-3-7(2)14-5-4-8-9(11)12-6-13-10(8)14/h6-7H,3-5H2,1-2H3,(H2,11,12,13). The molecule has 1 aromatic heterocycles. The van der Waals surface area contributed by atoms with Crippen molar-refractivity contribution in [3.63, 3.8) is 0 Å². The van der Waals surface area contributed by atoms with Gasteiger partial charge in [-0.3, -0.25) is 0 Å². The predicted molar refractivity (Wildman–Crippen MR) is 57.2 cm³/mol. The summed E-state index contributed by atoms with van der Waals surface area (Å²) >= 11 is 0. The fraction of sp³-hybridized carbons (Fsp3) is 0.600. The number of fused-ring (bicyclic) bond motifs is 1. The van der Waals surface area contributed by atoms with Gasteiger partial charge in [-0.2, -0.15) is 0 Å². The first-order valence-corrected chi connectivity index (χ1v) is 5.10. The van der Waals surface area contributed by atoms with Crippen molar-refractivity contribution >= 4 is 11.6 Å². The molecule has 0 fully saturated rings. The van der Waals surface area contributed by atoms with Crippen LogP contribution in [0, 0.1) is 0 Å². The molecule has 0 aromatic carbocycles. The van der Waals surface area contributed by atoms with Crippen LogP contribution in [0.25, 0.3) is 0 Å². The number of hydrogen-bond donors (Lipinski definition) is 1. The van der Waals surface area contributed by atoms with Crippen molar-refractivity contribution in [2.75, 3.05) is 17.2 Å². The van der Waals surface area contributed by atoms with E-state index in [9.17, 15) is 0 Å². The summed E-state index contributed by atoms with van der Waals surface area (Å²) in [6, 6.07) is 0.533. The lowest BCUT2D eigenvalue weighted by molar-refractivity contribution is 0.630. The van der Waals surface area contributed by atoms with Crippen molar-refractivity contribution in [1.29, 1.82) is 0 Å². The van der Waals surface area contributed by atoms with Crippen LogP contribution in [-0.2, 0) is 6.42 Å². The Labute approximate surface area is 84.2 Å². The van der Waals surface area contributed by atoms with Gasteiger partial charge in [0.05, 0.1) is 0 Å². The van der Waals surface area contributed by atoms with Gasteiger partial charge in [0.25, 0.3) is 0 Å². The predicted octanol–water partition coefficient (Wildman–Crippen LogP) is 1.22. The zero-order chi connectivity index (χ0) is 10.1. The molecule has 0 aliphatic carbocycles. The quantitative estimate of drug-likeness (QED) is 0.765. The molecular weight excluding hydrogens is 176 g/mol. The smallest absolute Gasteiger partial charge is 0.137 e. The molecule has 0 radical (unpaired) electrons. The van der Waals surface area contributed by atoms with E-state index in [1.165, 1.54) is 0 Å². The Morgan fingerprint density at radius 2 is 2.36 bits per heavy atom. The van der Waals surface area contributed by atoms with Crippen molar-refractivity contribution in [2.24, 2.45) is 0 Å². The zero-order valence-corrected chi connectivity index (χ0v) is 8.70. The van der Waals surface area contributed by atoms with E-state index in [0.29, 0.717) is 11.9 Å². The van der Waals surface area contributed by atoms with Gasteiger partial charge in [0.1, 0.15) is 18.0 Å². The lowest BCUT2D eigenvalue weighted by Crippen LogP contribution is -2.31. The molecule has 2 rings (SSSR count). The largest absolute Gasteiger partial charge is 0.383 e. The second-order valence-corrected chi connectivity index (χ2v) is 3.76. The molecule has 0 spiro atoms. The van der Waals surface area contributed by atoms with E-state index in [1.54, 1.807) is 6.33 Å². The van der Waals surface area contributed by atoms with Crippen LogP contribution in [-0.4, -0.2) is 22.6 Å². The van der Waals surface area contributed by atoms with E-state index >= 15 is 0 Å². The molecule has 1 unspecified atom stereocenters. The maximum Gasteiger partial charge on any atom is 0.137 e. The van der Waals surface area contributed by atoms with Crippen LogP contribution in [0.15, 0.2) is 6.33 Å². The minimum Gasteiger partial charge on any atom is -0.383 e. The molecule has 0 amide bonds. The third-order valence-corrected chi connectivity index (χ3v) is 2.95. The average Bonchev–Trinajstić information content (AvgIpc) is 2.62. The van der Waals surface area contributed by atoms with Crippen LogP contribution in [0.1, 0.15) is 25.8 Å². The summed E-state index contributed by atoms with van der Waals surface area (Å²) in [5.74, 6) is 1.67. The summed E-state index contributed by atoms with van der Waals surface area (Å²) in [5, 5.41) is 0. The lowest BCUT2D eigenvalue weighted by atomic mass is 10.2. The van der Waals surface area contributed by atoms with Crippen LogP contribution < -0.4 is 10.6 Å². The Hall–Kier alpha value is -1.32. The lowest BCUT2D eigenvalue weighted by Gasteiger charge is -2.24. The molecule has 2 heterocycles. The molecule has 4 heteroatoms.